The van der Waals surface area contributed by atoms with Gasteiger partial charge in [0.2, 0.25) is 0 Å². The number of fused-ring (bicyclic) bond motifs is 2. The lowest BCUT2D eigenvalue weighted by atomic mass is 9.86. The highest BCUT2D eigenvalue weighted by atomic mass is 16.4. The number of carboxylic acid groups (broad SMARTS) is 1. The Bertz CT molecular complexity index is 431. The van der Waals surface area contributed by atoms with Crippen LogP contribution in [0.3, 0.4) is 0 Å². The van der Waals surface area contributed by atoms with E-state index in [1.165, 1.54) is 30.4 Å². The summed E-state index contributed by atoms with van der Waals surface area (Å²) in [6.07, 6.45) is 6.16. The first-order chi connectivity index (χ1) is 8.22. The fourth-order valence-corrected chi connectivity index (χ4v) is 3.48. The van der Waals surface area contributed by atoms with Gasteiger partial charge in [0.15, 0.2) is 5.82 Å². The van der Waals surface area contributed by atoms with Gasteiger partial charge in [-0.15, -0.1) is 5.10 Å². The predicted molar refractivity (Wildman–Crippen MR) is 58.1 cm³/mol. The summed E-state index contributed by atoms with van der Waals surface area (Å²) in [4.78, 5) is 10.7. The van der Waals surface area contributed by atoms with Crippen molar-refractivity contribution in [1.29, 1.82) is 0 Å². The highest BCUT2D eigenvalue weighted by Crippen LogP contribution is 2.49. The van der Waals surface area contributed by atoms with Crippen LogP contribution in [0.2, 0.25) is 0 Å². The molecule has 92 valence electrons. The van der Waals surface area contributed by atoms with Crippen LogP contribution < -0.4 is 0 Å². The zero-order chi connectivity index (χ0) is 11.8. The number of carboxylic acids is 1. The van der Waals surface area contributed by atoms with E-state index in [0.717, 1.165) is 24.1 Å². The van der Waals surface area contributed by atoms with Crippen LogP contribution in [0.1, 0.15) is 31.5 Å². The molecule has 6 nitrogen and oxygen atoms in total. The average molecular weight is 236 g/mol. The number of hydrogen-bond donors (Lipinski definition) is 1. The molecule has 0 aromatic carbocycles. The Morgan fingerprint density at radius 3 is 2.94 bits per heavy atom. The number of tetrazole rings is 1. The summed E-state index contributed by atoms with van der Waals surface area (Å²) in [5.41, 5.74) is 0. The first-order valence-electron chi connectivity index (χ1n) is 6.19. The van der Waals surface area contributed by atoms with Crippen LogP contribution in [0.15, 0.2) is 0 Å². The molecule has 1 N–H and O–H groups in total. The highest BCUT2D eigenvalue weighted by molar-refractivity contribution is 5.66. The highest BCUT2D eigenvalue weighted by Gasteiger charge is 2.39. The zero-order valence-electron chi connectivity index (χ0n) is 9.62. The molecular weight excluding hydrogens is 220 g/mol. The number of aromatic nitrogens is 4. The van der Waals surface area contributed by atoms with Gasteiger partial charge in [0, 0.05) is 6.42 Å². The second-order valence-electron chi connectivity index (χ2n) is 5.29. The number of hydrogen-bond acceptors (Lipinski definition) is 4. The molecule has 6 heteroatoms. The van der Waals surface area contributed by atoms with Crippen LogP contribution in [0.25, 0.3) is 0 Å². The molecule has 0 amide bonds. The third-order valence-corrected chi connectivity index (χ3v) is 4.22. The monoisotopic (exact) mass is 236 g/mol. The normalized spacial score (nSPS) is 30.9. The topological polar surface area (TPSA) is 80.9 Å². The summed E-state index contributed by atoms with van der Waals surface area (Å²) in [5.74, 6) is 2.20. The molecule has 2 saturated carbocycles. The molecule has 1 aromatic rings. The minimum Gasteiger partial charge on any atom is -0.480 e. The van der Waals surface area contributed by atoms with Crippen LogP contribution in [0, 0.1) is 17.8 Å². The molecule has 3 atom stereocenters. The second kappa shape index (κ2) is 4.09. The molecule has 0 saturated heterocycles. The number of aliphatic carboxylic acids is 1. The quantitative estimate of drug-likeness (QED) is 0.833. The summed E-state index contributed by atoms with van der Waals surface area (Å²) >= 11 is 0. The molecule has 3 rings (SSSR count). The molecule has 1 heterocycles. The maximum absolute atomic E-state index is 10.7. The summed E-state index contributed by atoms with van der Waals surface area (Å²) in [7, 11) is 0. The largest absolute Gasteiger partial charge is 0.480 e. The van der Waals surface area contributed by atoms with Crippen molar-refractivity contribution < 1.29 is 9.90 Å². The summed E-state index contributed by atoms with van der Waals surface area (Å²) < 4.78 is 1.41. The molecule has 17 heavy (non-hydrogen) atoms. The van der Waals surface area contributed by atoms with Crippen molar-refractivity contribution in [3.63, 3.8) is 0 Å². The van der Waals surface area contributed by atoms with Gasteiger partial charge in [-0.2, -0.15) is 0 Å². The Labute approximate surface area is 99.0 Å². The smallest absolute Gasteiger partial charge is 0.325 e. The summed E-state index contributed by atoms with van der Waals surface area (Å²) in [6, 6.07) is 0. The van der Waals surface area contributed by atoms with E-state index < -0.39 is 5.97 Å². The fourth-order valence-electron chi connectivity index (χ4n) is 3.48. The SMILES string of the molecule is O=C(O)Cn1nnnc1CC1CC2CCC1C2. The van der Waals surface area contributed by atoms with Crippen molar-refractivity contribution in [2.75, 3.05) is 0 Å². The Balaban J connectivity index is 1.68. The van der Waals surface area contributed by atoms with E-state index in [-0.39, 0.29) is 6.54 Å². The standard InChI is InChI=1S/C11H16N4O2/c16-11(17)6-15-10(12-13-14-15)5-9-4-7-1-2-8(9)3-7/h7-9H,1-6H2,(H,16,17). The Morgan fingerprint density at radius 1 is 1.41 bits per heavy atom. The van der Waals surface area contributed by atoms with Gasteiger partial charge < -0.3 is 5.11 Å². The predicted octanol–water partition coefficient (Wildman–Crippen LogP) is 0.736. The molecule has 2 bridgehead atoms. The summed E-state index contributed by atoms with van der Waals surface area (Å²) in [6.45, 7) is -0.136. The van der Waals surface area contributed by atoms with Crippen LogP contribution in [-0.2, 0) is 17.8 Å². The molecule has 1 aromatic heterocycles. The van der Waals surface area contributed by atoms with Crippen molar-refractivity contribution in [2.45, 2.75) is 38.6 Å². The van der Waals surface area contributed by atoms with Gasteiger partial charge in [-0.1, -0.05) is 6.42 Å². The van der Waals surface area contributed by atoms with E-state index in [1.54, 1.807) is 0 Å². The van der Waals surface area contributed by atoms with Gasteiger partial charge >= 0.3 is 5.97 Å². The van der Waals surface area contributed by atoms with E-state index in [9.17, 15) is 4.79 Å². The number of carbonyl (C=O) groups is 1. The molecule has 2 fully saturated rings. The lowest BCUT2D eigenvalue weighted by Crippen LogP contribution is -2.19. The van der Waals surface area contributed by atoms with Gasteiger partial charge in [0.1, 0.15) is 6.54 Å². The Kier molecular flexibility index (Phi) is 2.57. The van der Waals surface area contributed by atoms with Gasteiger partial charge in [-0.05, 0) is 47.4 Å². The molecule has 2 aliphatic carbocycles. The molecule has 0 spiro atoms. The average Bonchev–Trinajstić information content (AvgIpc) is 2.95. The van der Waals surface area contributed by atoms with Crippen molar-refractivity contribution in [1.82, 2.24) is 20.2 Å². The Hall–Kier alpha value is -1.46. The van der Waals surface area contributed by atoms with Crippen LogP contribution in [-0.4, -0.2) is 31.3 Å². The molecule has 3 unspecified atom stereocenters. The molecule has 0 radical (unpaired) electrons. The number of nitrogens with zero attached hydrogens (tertiary/aromatic N) is 4. The van der Waals surface area contributed by atoms with Crippen LogP contribution >= 0.6 is 0 Å². The van der Waals surface area contributed by atoms with Crippen molar-refractivity contribution >= 4 is 5.97 Å². The summed E-state index contributed by atoms with van der Waals surface area (Å²) in [5, 5.41) is 20.0. The van der Waals surface area contributed by atoms with Crippen molar-refractivity contribution in [3.05, 3.63) is 5.82 Å². The lowest BCUT2D eigenvalue weighted by molar-refractivity contribution is -0.138. The third-order valence-electron chi connectivity index (χ3n) is 4.22. The second-order valence-corrected chi connectivity index (χ2v) is 5.29. The maximum atomic E-state index is 10.7. The Morgan fingerprint density at radius 2 is 2.29 bits per heavy atom. The third kappa shape index (κ3) is 2.03. The van der Waals surface area contributed by atoms with Crippen molar-refractivity contribution in [2.24, 2.45) is 17.8 Å². The molecule has 0 aliphatic heterocycles. The first-order valence-corrected chi connectivity index (χ1v) is 6.19. The van der Waals surface area contributed by atoms with Crippen LogP contribution in [0.5, 0.6) is 0 Å². The van der Waals surface area contributed by atoms with E-state index >= 15 is 0 Å². The zero-order valence-corrected chi connectivity index (χ0v) is 9.62. The molecular formula is C11H16N4O2. The van der Waals surface area contributed by atoms with Crippen molar-refractivity contribution in [3.8, 4) is 0 Å². The van der Waals surface area contributed by atoms with E-state index in [2.05, 4.69) is 15.5 Å². The van der Waals surface area contributed by atoms with E-state index in [0.29, 0.717) is 5.92 Å². The lowest BCUT2D eigenvalue weighted by Gasteiger charge is -2.20. The maximum Gasteiger partial charge on any atom is 0.325 e. The van der Waals surface area contributed by atoms with Crippen LogP contribution in [0.4, 0.5) is 0 Å². The fraction of sp³-hybridized carbons (Fsp3) is 0.818. The van der Waals surface area contributed by atoms with E-state index in [4.69, 9.17) is 5.11 Å². The molecule has 2 aliphatic rings. The van der Waals surface area contributed by atoms with Gasteiger partial charge in [-0.25, -0.2) is 4.68 Å². The van der Waals surface area contributed by atoms with Gasteiger partial charge in [-0.3, -0.25) is 4.79 Å². The van der Waals surface area contributed by atoms with E-state index in [1.807, 2.05) is 0 Å². The van der Waals surface area contributed by atoms with Gasteiger partial charge in [0.05, 0.1) is 0 Å². The minimum absolute atomic E-state index is 0.136. The minimum atomic E-state index is -0.897. The van der Waals surface area contributed by atoms with Gasteiger partial charge in [0.25, 0.3) is 0 Å². The number of rotatable bonds is 4. The first kappa shape index (κ1) is 10.7.